The molecule has 0 bridgehead atoms. The Balaban J connectivity index is 1.72. The molecule has 1 atom stereocenters. The molecule has 3 nitrogen and oxygen atoms in total. The van der Waals surface area contributed by atoms with Crippen LogP contribution >= 0.6 is 15.9 Å². The highest BCUT2D eigenvalue weighted by Crippen LogP contribution is 2.34. The van der Waals surface area contributed by atoms with Crippen LogP contribution in [0.5, 0.6) is 11.5 Å². The highest BCUT2D eigenvalue weighted by molar-refractivity contribution is 9.10. The van der Waals surface area contributed by atoms with E-state index < -0.39 is 0 Å². The zero-order chi connectivity index (χ0) is 13.9. The molecule has 104 valence electrons. The van der Waals surface area contributed by atoms with Crippen molar-refractivity contribution in [2.75, 3.05) is 25.6 Å². The van der Waals surface area contributed by atoms with Gasteiger partial charge in [-0.2, -0.15) is 0 Å². The summed E-state index contributed by atoms with van der Waals surface area (Å²) in [6.07, 6.45) is 0. The van der Waals surface area contributed by atoms with Crippen LogP contribution in [0.3, 0.4) is 0 Å². The number of halogens is 1. The molecule has 0 spiro atoms. The number of fused-ring (bicyclic) bond motifs is 1. The summed E-state index contributed by atoms with van der Waals surface area (Å²) in [6, 6.07) is 14.1. The van der Waals surface area contributed by atoms with Crippen LogP contribution < -0.4 is 14.8 Å². The number of hydrogen-bond donors (Lipinski definition) is 1. The largest absolute Gasteiger partial charge is 0.497 e. The summed E-state index contributed by atoms with van der Waals surface area (Å²) in [7, 11) is 1.67. The average Bonchev–Trinajstić information content (AvgIpc) is 2.90. The molecule has 0 amide bonds. The first kappa shape index (κ1) is 13.3. The minimum Gasteiger partial charge on any atom is -0.497 e. The van der Waals surface area contributed by atoms with Crippen molar-refractivity contribution in [1.29, 1.82) is 0 Å². The number of benzene rings is 2. The summed E-state index contributed by atoms with van der Waals surface area (Å²) in [5.41, 5.74) is 2.31. The van der Waals surface area contributed by atoms with Gasteiger partial charge in [0.2, 0.25) is 0 Å². The van der Waals surface area contributed by atoms with Gasteiger partial charge < -0.3 is 14.8 Å². The predicted molar refractivity (Wildman–Crippen MR) is 83.9 cm³/mol. The second-order valence-electron chi connectivity index (χ2n) is 4.77. The number of hydrogen-bond acceptors (Lipinski definition) is 3. The van der Waals surface area contributed by atoms with Gasteiger partial charge in [-0.25, -0.2) is 0 Å². The molecule has 0 saturated heterocycles. The van der Waals surface area contributed by atoms with Crippen molar-refractivity contribution >= 4 is 21.6 Å². The van der Waals surface area contributed by atoms with Crippen molar-refractivity contribution in [2.24, 2.45) is 0 Å². The van der Waals surface area contributed by atoms with E-state index in [1.54, 1.807) is 7.11 Å². The Morgan fingerprint density at radius 2 is 2.15 bits per heavy atom. The number of ether oxygens (including phenoxy) is 2. The lowest BCUT2D eigenvalue weighted by Gasteiger charge is -2.14. The maximum Gasteiger partial charge on any atom is 0.122 e. The van der Waals surface area contributed by atoms with Crippen LogP contribution in [0.2, 0.25) is 0 Å². The molecular weight excluding hydrogens is 318 g/mol. The van der Waals surface area contributed by atoms with Gasteiger partial charge in [-0.3, -0.25) is 0 Å². The zero-order valence-corrected chi connectivity index (χ0v) is 12.8. The molecule has 1 aliphatic heterocycles. The highest BCUT2D eigenvalue weighted by Gasteiger charge is 2.23. The molecule has 20 heavy (non-hydrogen) atoms. The topological polar surface area (TPSA) is 30.5 Å². The van der Waals surface area contributed by atoms with Crippen LogP contribution in [-0.4, -0.2) is 20.3 Å². The Morgan fingerprint density at radius 1 is 1.30 bits per heavy atom. The van der Waals surface area contributed by atoms with Gasteiger partial charge in [0.05, 0.1) is 19.4 Å². The molecule has 0 radical (unpaired) electrons. The zero-order valence-electron chi connectivity index (χ0n) is 11.2. The Morgan fingerprint density at radius 3 is 3.00 bits per heavy atom. The van der Waals surface area contributed by atoms with Gasteiger partial charge in [-0.15, -0.1) is 0 Å². The molecule has 1 aliphatic rings. The molecule has 3 rings (SSSR count). The molecule has 2 aromatic rings. The molecule has 1 unspecified atom stereocenters. The lowest BCUT2D eigenvalue weighted by Crippen LogP contribution is -2.14. The highest BCUT2D eigenvalue weighted by atomic mass is 79.9. The molecule has 2 aromatic carbocycles. The summed E-state index contributed by atoms with van der Waals surface area (Å²) in [5, 5.41) is 3.46. The fourth-order valence-electron chi connectivity index (χ4n) is 2.40. The van der Waals surface area contributed by atoms with E-state index in [0.29, 0.717) is 5.92 Å². The van der Waals surface area contributed by atoms with Gasteiger partial charge >= 0.3 is 0 Å². The molecule has 0 aromatic heterocycles. The van der Waals surface area contributed by atoms with Gasteiger partial charge in [0.15, 0.2) is 0 Å². The van der Waals surface area contributed by atoms with Gasteiger partial charge in [0.25, 0.3) is 0 Å². The van der Waals surface area contributed by atoms with Crippen molar-refractivity contribution in [1.82, 2.24) is 0 Å². The number of para-hydroxylation sites is 1. The molecule has 0 aliphatic carbocycles. The quantitative estimate of drug-likeness (QED) is 0.915. The standard InChI is InChI=1S/C16H16BrNO2/c1-19-12-6-7-14(17)15(8-12)18-9-11-10-20-16-5-3-2-4-13(11)16/h2-8,11,18H,9-10H2,1H3. The maximum atomic E-state index is 5.70. The van der Waals surface area contributed by atoms with Crippen molar-refractivity contribution in [2.45, 2.75) is 5.92 Å². The van der Waals surface area contributed by atoms with E-state index in [-0.39, 0.29) is 0 Å². The fourth-order valence-corrected chi connectivity index (χ4v) is 2.79. The number of nitrogens with one attached hydrogen (secondary N) is 1. The van der Waals surface area contributed by atoms with E-state index in [1.165, 1.54) is 5.56 Å². The summed E-state index contributed by atoms with van der Waals surface area (Å²) in [4.78, 5) is 0. The summed E-state index contributed by atoms with van der Waals surface area (Å²) >= 11 is 3.55. The SMILES string of the molecule is COc1ccc(Br)c(NCC2COc3ccccc32)c1. The first-order valence-electron chi connectivity index (χ1n) is 6.57. The van der Waals surface area contributed by atoms with E-state index >= 15 is 0 Å². The number of methoxy groups -OCH3 is 1. The second kappa shape index (κ2) is 5.75. The van der Waals surface area contributed by atoms with Crippen LogP contribution in [-0.2, 0) is 0 Å². The molecular formula is C16H16BrNO2. The van der Waals surface area contributed by atoms with Gasteiger partial charge in [0, 0.05) is 28.6 Å². The average molecular weight is 334 g/mol. The summed E-state index contributed by atoms with van der Waals surface area (Å²) in [6.45, 7) is 1.57. The second-order valence-corrected chi connectivity index (χ2v) is 5.63. The predicted octanol–water partition coefficient (Wildman–Crippen LogP) is 4.05. The van der Waals surface area contributed by atoms with Crippen LogP contribution in [0.15, 0.2) is 46.9 Å². The van der Waals surface area contributed by atoms with E-state index in [4.69, 9.17) is 9.47 Å². The number of rotatable bonds is 4. The minimum atomic E-state index is 0.379. The molecule has 0 saturated carbocycles. The van der Waals surface area contributed by atoms with Crippen molar-refractivity contribution in [3.05, 3.63) is 52.5 Å². The van der Waals surface area contributed by atoms with Crippen LogP contribution in [0.25, 0.3) is 0 Å². The Labute approximate surface area is 127 Å². The minimum absolute atomic E-state index is 0.379. The lowest BCUT2D eigenvalue weighted by atomic mass is 10.0. The maximum absolute atomic E-state index is 5.70. The number of anilines is 1. The van der Waals surface area contributed by atoms with Gasteiger partial charge in [-0.05, 0) is 34.1 Å². The van der Waals surface area contributed by atoms with Crippen molar-refractivity contribution in [3.63, 3.8) is 0 Å². The smallest absolute Gasteiger partial charge is 0.122 e. The lowest BCUT2D eigenvalue weighted by molar-refractivity contribution is 0.334. The van der Waals surface area contributed by atoms with Crippen molar-refractivity contribution < 1.29 is 9.47 Å². The van der Waals surface area contributed by atoms with Crippen LogP contribution in [0, 0.1) is 0 Å². The van der Waals surface area contributed by atoms with Gasteiger partial charge in [0.1, 0.15) is 11.5 Å². The molecule has 1 N–H and O–H groups in total. The van der Waals surface area contributed by atoms with E-state index in [2.05, 4.69) is 33.4 Å². The Hall–Kier alpha value is -1.68. The van der Waals surface area contributed by atoms with Gasteiger partial charge in [-0.1, -0.05) is 18.2 Å². The van der Waals surface area contributed by atoms with E-state index in [9.17, 15) is 0 Å². The summed E-state index contributed by atoms with van der Waals surface area (Å²) in [5.74, 6) is 2.23. The summed E-state index contributed by atoms with van der Waals surface area (Å²) < 4.78 is 12.0. The molecule has 1 heterocycles. The normalized spacial score (nSPS) is 16.4. The Kier molecular flexibility index (Phi) is 3.83. The monoisotopic (exact) mass is 333 g/mol. The third-order valence-corrected chi connectivity index (χ3v) is 4.20. The molecule has 0 fully saturated rings. The Bertz CT molecular complexity index is 615. The van der Waals surface area contributed by atoms with E-state index in [0.717, 1.165) is 34.8 Å². The third-order valence-electron chi connectivity index (χ3n) is 3.51. The van der Waals surface area contributed by atoms with Crippen LogP contribution in [0.1, 0.15) is 11.5 Å². The third kappa shape index (κ3) is 2.61. The first-order chi connectivity index (χ1) is 9.78. The van der Waals surface area contributed by atoms with Crippen molar-refractivity contribution in [3.8, 4) is 11.5 Å². The first-order valence-corrected chi connectivity index (χ1v) is 7.36. The van der Waals surface area contributed by atoms with E-state index in [1.807, 2.05) is 30.3 Å². The molecule has 4 heteroatoms. The fraction of sp³-hybridized carbons (Fsp3) is 0.250. The van der Waals surface area contributed by atoms with Crippen LogP contribution in [0.4, 0.5) is 5.69 Å².